The molecule has 15 nitrogen and oxygen atoms in total. The topological polar surface area (TPSA) is 203 Å². The van der Waals surface area contributed by atoms with Crippen molar-refractivity contribution < 1.29 is 38.4 Å². The minimum atomic E-state index is -0.777. The molecular weight excluding hydrogens is 570 g/mol. The smallest absolute Gasteiger partial charge is 0.253 e. The summed E-state index contributed by atoms with van der Waals surface area (Å²) in [5.41, 5.74) is 0. The van der Waals surface area contributed by atoms with Crippen molar-refractivity contribution in [1.82, 2.24) is 36.4 Å². The van der Waals surface area contributed by atoms with E-state index in [0.29, 0.717) is 4.99 Å². The Morgan fingerprint density at radius 2 is 1.05 bits per heavy atom. The Morgan fingerprint density at radius 3 is 1.48 bits per heavy atom. The number of imide groups is 1. The molecule has 0 aliphatic carbocycles. The first kappa shape index (κ1) is 33.7. The van der Waals surface area contributed by atoms with E-state index in [0.717, 1.165) is 17.1 Å². The van der Waals surface area contributed by atoms with Gasteiger partial charge >= 0.3 is 0 Å². The Balaban J connectivity index is 1.63. The fourth-order valence-corrected chi connectivity index (χ4v) is 4.06. The van der Waals surface area contributed by atoms with Crippen LogP contribution in [0.3, 0.4) is 0 Å². The van der Waals surface area contributed by atoms with Gasteiger partial charge in [0, 0.05) is 95.6 Å². The highest BCUT2D eigenvalue weighted by Gasteiger charge is 2.24. The minimum Gasteiger partial charge on any atom is -0.354 e. The number of hydrogen-bond donors (Lipinski definition) is 5. The van der Waals surface area contributed by atoms with Crippen molar-refractivity contribution in [2.75, 3.05) is 39.3 Å². The van der Waals surface area contributed by atoms with Crippen molar-refractivity contribution in [3.8, 4) is 0 Å². The maximum atomic E-state index is 12.4. The first-order chi connectivity index (χ1) is 20.0. The molecule has 1 atom stereocenters. The summed E-state index contributed by atoms with van der Waals surface area (Å²) < 4.78 is 0. The lowest BCUT2D eigenvalue weighted by molar-refractivity contribution is -0.137. The van der Waals surface area contributed by atoms with Crippen LogP contribution in [0, 0.1) is 0 Å². The highest BCUT2D eigenvalue weighted by atomic mass is 32.1. The Kier molecular flexibility index (Phi) is 13.9. The lowest BCUT2D eigenvalue weighted by Crippen LogP contribution is -2.44. The summed E-state index contributed by atoms with van der Waals surface area (Å²) in [5.74, 6) is -3.16. The van der Waals surface area contributed by atoms with Gasteiger partial charge in [-0.25, -0.2) is 0 Å². The molecule has 2 heterocycles. The van der Waals surface area contributed by atoms with E-state index in [2.05, 4.69) is 26.6 Å². The number of rotatable bonds is 18. The quantitative estimate of drug-likeness (QED) is 0.0639. The summed E-state index contributed by atoms with van der Waals surface area (Å²) >= 11 is 5.02. The molecule has 0 radical (unpaired) electrons. The third-order valence-corrected chi connectivity index (χ3v) is 6.37. The largest absolute Gasteiger partial charge is 0.354 e. The molecule has 0 spiro atoms. The molecule has 2 aliphatic rings. The van der Waals surface area contributed by atoms with E-state index in [1.807, 2.05) is 0 Å². The average molecular weight is 606 g/mol. The molecule has 1 unspecified atom stereocenters. The number of amides is 8. The third-order valence-electron chi connectivity index (χ3n) is 6.01. The van der Waals surface area contributed by atoms with Gasteiger partial charge in [0.05, 0.1) is 0 Å². The van der Waals surface area contributed by atoms with Crippen LogP contribution >= 0.6 is 12.2 Å². The maximum absolute atomic E-state index is 12.4. The van der Waals surface area contributed by atoms with E-state index in [1.165, 1.54) is 17.1 Å². The molecular formula is C26H35N7O8S. The zero-order chi connectivity index (χ0) is 31.1. The highest BCUT2D eigenvalue weighted by molar-refractivity contribution is 7.80. The molecule has 0 bridgehead atoms. The molecule has 5 N–H and O–H groups in total. The summed E-state index contributed by atoms with van der Waals surface area (Å²) in [6.07, 6.45) is 4.87. The summed E-state index contributed by atoms with van der Waals surface area (Å²) in [7, 11) is 0. The number of carbonyl (C=O) groups excluding carboxylic acids is 8. The Morgan fingerprint density at radius 1 is 0.643 bits per heavy atom. The van der Waals surface area contributed by atoms with Gasteiger partial charge in [0.15, 0.2) is 0 Å². The molecule has 42 heavy (non-hydrogen) atoms. The molecule has 228 valence electrons. The van der Waals surface area contributed by atoms with Crippen molar-refractivity contribution in [2.45, 2.75) is 45.1 Å². The van der Waals surface area contributed by atoms with Crippen LogP contribution in [0.4, 0.5) is 0 Å². The number of carbonyl (C=O) groups is 8. The Hall–Kier alpha value is -4.47. The number of thiocarbonyl (C=S) groups is 1. The molecule has 16 heteroatoms. The van der Waals surface area contributed by atoms with Gasteiger partial charge < -0.3 is 26.6 Å². The number of nitrogens with zero attached hydrogens (tertiary/aromatic N) is 2. The number of hydrogen-bond acceptors (Lipinski definition) is 9. The normalized spacial score (nSPS) is 14.7. The summed E-state index contributed by atoms with van der Waals surface area (Å²) in [6.45, 7) is 2.17. The fourth-order valence-electron chi connectivity index (χ4n) is 3.81. The summed E-state index contributed by atoms with van der Waals surface area (Å²) in [5, 5.41) is 13.0. The first-order valence-electron chi connectivity index (χ1n) is 13.4. The van der Waals surface area contributed by atoms with Gasteiger partial charge in [0.1, 0.15) is 4.99 Å². The number of nitrogens with one attached hydrogen (secondary N) is 5. The zero-order valence-corrected chi connectivity index (χ0v) is 24.1. The van der Waals surface area contributed by atoms with Crippen LogP contribution in [-0.4, -0.2) is 107 Å². The van der Waals surface area contributed by atoms with Crippen LogP contribution in [0.15, 0.2) is 24.3 Å². The lowest BCUT2D eigenvalue weighted by atomic mass is 10.1. The predicted molar refractivity (Wildman–Crippen MR) is 152 cm³/mol. The maximum Gasteiger partial charge on any atom is 0.253 e. The zero-order valence-electron chi connectivity index (χ0n) is 23.2. The Labute approximate surface area is 247 Å². The van der Waals surface area contributed by atoms with E-state index >= 15 is 0 Å². The van der Waals surface area contributed by atoms with Crippen LogP contribution in [0.1, 0.15) is 39.0 Å². The molecule has 0 saturated carbocycles. The SMILES string of the molecule is CCC(=O)NC(CC(=O)NCCNC(=O)CCN1C(=O)C=CC1=O)CC(=O)NCCNC(=O)CCN1C(=O)C=CC1=S. The molecule has 0 fully saturated rings. The average Bonchev–Trinajstić information content (AvgIpc) is 3.44. The van der Waals surface area contributed by atoms with Crippen molar-refractivity contribution in [1.29, 1.82) is 0 Å². The van der Waals surface area contributed by atoms with E-state index < -0.39 is 35.6 Å². The van der Waals surface area contributed by atoms with Crippen molar-refractivity contribution >= 4 is 64.5 Å². The first-order valence-corrected chi connectivity index (χ1v) is 13.8. The van der Waals surface area contributed by atoms with Gasteiger partial charge in [-0.2, -0.15) is 0 Å². The van der Waals surface area contributed by atoms with E-state index in [9.17, 15) is 38.4 Å². The minimum absolute atomic E-state index is 0.0454. The van der Waals surface area contributed by atoms with Gasteiger partial charge in [-0.05, 0) is 6.08 Å². The molecule has 2 rings (SSSR count). The lowest BCUT2D eigenvalue weighted by Gasteiger charge is -2.18. The summed E-state index contributed by atoms with van der Waals surface area (Å²) in [4.78, 5) is 97.8. The molecule has 8 amide bonds. The second kappa shape index (κ2) is 17.4. The predicted octanol–water partition coefficient (Wildman–Crippen LogP) is -2.44. The van der Waals surface area contributed by atoms with Crippen LogP contribution in [0.2, 0.25) is 0 Å². The van der Waals surface area contributed by atoms with E-state index in [4.69, 9.17) is 12.2 Å². The molecule has 0 saturated heterocycles. The second-order valence-electron chi connectivity index (χ2n) is 9.25. The second-order valence-corrected chi connectivity index (χ2v) is 9.67. The summed E-state index contributed by atoms with van der Waals surface area (Å²) in [6, 6.07) is -0.777. The Bertz CT molecular complexity index is 1050. The van der Waals surface area contributed by atoms with Gasteiger partial charge in [-0.1, -0.05) is 19.1 Å². The van der Waals surface area contributed by atoms with E-state index in [1.54, 1.807) is 6.92 Å². The van der Waals surface area contributed by atoms with Crippen molar-refractivity contribution in [3.63, 3.8) is 0 Å². The molecule has 0 aromatic rings. The van der Waals surface area contributed by atoms with Gasteiger partial charge in [0.25, 0.3) is 17.7 Å². The third kappa shape index (κ3) is 12.0. The standard InChI is InChI=1S/C26H35N7O8S/c1-2-18(34)31-17(15-21(37)29-11-9-27-19(35)7-13-32-23(39)3-4-24(32)40)16-22(38)30-12-10-28-20(36)8-14-33-25(41)5-6-26(33)42/h3-6,17H,2,7-16H2,1H3,(H,27,35)(H,28,36)(H,29,37)(H,30,38)(H,31,34). The fraction of sp³-hybridized carbons (Fsp3) is 0.500. The molecule has 2 aliphatic heterocycles. The molecule has 0 aromatic carbocycles. The monoisotopic (exact) mass is 605 g/mol. The van der Waals surface area contributed by atoms with Crippen molar-refractivity contribution in [2.24, 2.45) is 0 Å². The van der Waals surface area contributed by atoms with Crippen molar-refractivity contribution in [3.05, 3.63) is 24.3 Å². The molecule has 0 aromatic heterocycles. The van der Waals surface area contributed by atoms with Crippen LogP contribution in [0.5, 0.6) is 0 Å². The van der Waals surface area contributed by atoms with E-state index in [-0.39, 0.29) is 89.1 Å². The van der Waals surface area contributed by atoms with Crippen LogP contribution in [-0.2, 0) is 38.4 Å². The van der Waals surface area contributed by atoms with Gasteiger partial charge in [0.2, 0.25) is 29.5 Å². The van der Waals surface area contributed by atoms with Gasteiger partial charge in [-0.3, -0.25) is 48.2 Å². The highest BCUT2D eigenvalue weighted by Crippen LogP contribution is 2.06. The van der Waals surface area contributed by atoms with Crippen LogP contribution < -0.4 is 26.6 Å². The van der Waals surface area contributed by atoms with Gasteiger partial charge in [-0.15, -0.1) is 0 Å². The van der Waals surface area contributed by atoms with Crippen LogP contribution in [0.25, 0.3) is 0 Å².